The number of benzene rings is 2. The molecule has 1 aliphatic rings. The van der Waals surface area contributed by atoms with Crippen LogP contribution in [-0.4, -0.2) is 24.4 Å². The fraction of sp³-hybridized carbons (Fsp3) is 0.296. The summed E-state index contributed by atoms with van der Waals surface area (Å²) in [6.45, 7) is 7.45. The summed E-state index contributed by atoms with van der Waals surface area (Å²) in [4.78, 5) is 7.62. The molecular weight excluding hydrogens is 501 g/mol. The first-order valence-electron chi connectivity index (χ1n) is 11.4. The molecule has 4 rings (SSSR count). The van der Waals surface area contributed by atoms with Gasteiger partial charge >= 0.3 is 0 Å². The van der Waals surface area contributed by atoms with E-state index in [9.17, 15) is 0 Å². The third kappa shape index (κ3) is 6.07. The summed E-state index contributed by atoms with van der Waals surface area (Å²) in [5.41, 5.74) is 2.66. The first-order valence-corrected chi connectivity index (χ1v) is 12.9. The van der Waals surface area contributed by atoms with Crippen molar-refractivity contribution in [1.82, 2.24) is 10.3 Å². The van der Waals surface area contributed by atoms with Crippen LogP contribution in [0.2, 0.25) is 10.0 Å². The Labute approximate surface area is 221 Å². The molecule has 2 heterocycles. The van der Waals surface area contributed by atoms with E-state index >= 15 is 0 Å². The minimum atomic E-state index is -0.528. The largest absolute Gasteiger partial charge is 0.497 e. The molecule has 0 amide bonds. The lowest BCUT2D eigenvalue weighted by Crippen LogP contribution is -2.54. The summed E-state index contributed by atoms with van der Waals surface area (Å²) in [6, 6.07) is 17.5. The maximum Gasteiger partial charge on any atom is 0.136 e. The Morgan fingerprint density at radius 3 is 2.40 bits per heavy atom. The monoisotopic (exact) mass is 529 g/mol. The number of aromatic nitrogens is 1. The number of anilines is 1. The maximum absolute atomic E-state index is 6.31. The summed E-state index contributed by atoms with van der Waals surface area (Å²) in [5, 5.41) is 6.05. The van der Waals surface area contributed by atoms with Crippen molar-refractivity contribution >= 4 is 40.7 Å². The van der Waals surface area contributed by atoms with E-state index in [0.717, 1.165) is 32.6 Å². The predicted octanol–water partition coefficient (Wildman–Crippen LogP) is 7.36. The molecule has 0 fully saturated rings. The number of thioether (sulfide) groups is 1. The quantitative estimate of drug-likeness (QED) is 0.312. The third-order valence-corrected chi connectivity index (χ3v) is 7.18. The number of hydrogen-bond donors (Lipinski definition) is 1. The van der Waals surface area contributed by atoms with E-state index in [1.54, 1.807) is 31.1 Å². The third-order valence-electron chi connectivity index (χ3n) is 5.67. The molecule has 0 bridgehead atoms. The van der Waals surface area contributed by atoms with E-state index in [4.69, 9.17) is 32.7 Å². The van der Waals surface area contributed by atoms with Gasteiger partial charge in [0.05, 0.1) is 32.2 Å². The van der Waals surface area contributed by atoms with Gasteiger partial charge in [0.1, 0.15) is 16.4 Å². The van der Waals surface area contributed by atoms with Crippen LogP contribution in [-0.2, 0) is 11.3 Å². The molecule has 0 saturated heterocycles. The molecule has 1 aliphatic heterocycles. The van der Waals surface area contributed by atoms with Crippen LogP contribution in [0.1, 0.15) is 26.3 Å². The average molecular weight is 531 g/mol. The van der Waals surface area contributed by atoms with Crippen molar-refractivity contribution in [3.63, 3.8) is 0 Å². The molecule has 184 valence electrons. The number of nitrogens with one attached hydrogen (secondary N) is 1. The molecule has 1 atom stereocenters. The van der Waals surface area contributed by atoms with Crippen LogP contribution < -0.4 is 15.0 Å². The van der Waals surface area contributed by atoms with Gasteiger partial charge in [-0.2, -0.15) is 0 Å². The van der Waals surface area contributed by atoms with Crippen molar-refractivity contribution in [2.45, 2.75) is 37.9 Å². The highest BCUT2D eigenvalue weighted by atomic mass is 35.5. The highest BCUT2D eigenvalue weighted by molar-refractivity contribution is 8.03. The summed E-state index contributed by atoms with van der Waals surface area (Å²) in [6.07, 6.45) is 3.65. The smallest absolute Gasteiger partial charge is 0.136 e. The zero-order valence-electron chi connectivity index (χ0n) is 20.2. The number of methoxy groups -OCH3 is 1. The Hall–Kier alpha value is -2.38. The second kappa shape index (κ2) is 11.1. The van der Waals surface area contributed by atoms with Gasteiger partial charge in [-0.15, -0.1) is 0 Å². The molecule has 3 aromatic rings. The number of ether oxygens (including phenoxy) is 2. The van der Waals surface area contributed by atoms with Crippen LogP contribution in [0, 0.1) is 5.92 Å². The second-order valence-electron chi connectivity index (χ2n) is 8.87. The number of nitrogens with zero attached hydrogens (tertiary/aromatic N) is 2. The Bertz CT molecular complexity index is 1170. The molecule has 1 aromatic heterocycles. The van der Waals surface area contributed by atoms with Crippen LogP contribution in [0.25, 0.3) is 0 Å². The fourth-order valence-corrected chi connectivity index (χ4v) is 6.06. The van der Waals surface area contributed by atoms with Gasteiger partial charge in [0, 0.05) is 26.8 Å². The van der Waals surface area contributed by atoms with E-state index in [1.807, 2.05) is 48.7 Å². The highest BCUT2D eigenvalue weighted by Crippen LogP contribution is 2.45. The second-order valence-corrected chi connectivity index (χ2v) is 10.8. The molecule has 2 aromatic carbocycles. The van der Waals surface area contributed by atoms with Gasteiger partial charge in [0.2, 0.25) is 0 Å². The van der Waals surface area contributed by atoms with Crippen LogP contribution >= 0.6 is 35.0 Å². The van der Waals surface area contributed by atoms with Gasteiger partial charge in [0.15, 0.2) is 0 Å². The van der Waals surface area contributed by atoms with Crippen LogP contribution in [0.4, 0.5) is 5.69 Å². The molecule has 5 nitrogen and oxygen atoms in total. The van der Waals surface area contributed by atoms with Gasteiger partial charge < -0.3 is 19.7 Å². The van der Waals surface area contributed by atoms with Gasteiger partial charge in [-0.25, -0.2) is 0 Å². The van der Waals surface area contributed by atoms with E-state index in [2.05, 4.69) is 42.0 Å². The van der Waals surface area contributed by atoms with Crippen molar-refractivity contribution in [1.29, 1.82) is 0 Å². The number of allylic oxidation sites excluding steroid dienone is 1. The molecule has 0 radical (unpaired) electrons. The molecule has 1 unspecified atom stereocenters. The minimum absolute atomic E-state index is 0.259. The summed E-state index contributed by atoms with van der Waals surface area (Å²) in [5.74, 6) is 1.09. The Kier molecular flexibility index (Phi) is 8.17. The molecular formula is C27H29Cl2N3O2S. The number of pyridine rings is 1. The lowest BCUT2D eigenvalue weighted by Gasteiger charge is -2.38. The van der Waals surface area contributed by atoms with Crippen molar-refractivity contribution in [2.24, 2.45) is 5.92 Å². The van der Waals surface area contributed by atoms with Crippen molar-refractivity contribution in [3.8, 4) is 5.75 Å². The van der Waals surface area contributed by atoms with Crippen molar-refractivity contribution < 1.29 is 9.47 Å². The summed E-state index contributed by atoms with van der Waals surface area (Å²) in [7, 11) is 1.66. The summed E-state index contributed by atoms with van der Waals surface area (Å²) < 4.78 is 11.5. The zero-order valence-corrected chi connectivity index (χ0v) is 22.5. The maximum atomic E-state index is 6.31. The standard InChI is InChI=1S/C27H29Cl2N3O2S/c1-18(2)25-26(35-24-13-20(28)12-21(29)14-24)32(22-6-5-11-30-15-22)27(3,31-25)17-34-16-19-7-9-23(33-4)10-8-19/h5-15,18,31H,16-17H2,1-4H3. The van der Waals surface area contributed by atoms with E-state index < -0.39 is 5.66 Å². The van der Waals surface area contributed by atoms with Gasteiger partial charge in [0.25, 0.3) is 0 Å². The molecule has 0 aliphatic carbocycles. The normalized spacial score (nSPS) is 17.7. The molecule has 0 saturated carbocycles. The van der Waals surface area contributed by atoms with Crippen LogP contribution in [0.15, 0.2) is 82.6 Å². The predicted molar refractivity (Wildman–Crippen MR) is 145 cm³/mol. The van der Waals surface area contributed by atoms with E-state index in [-0.39, 0.29) is 5.92 Å². The van der Waals surface area contributed by atoms with Crippen LogP contribution in [0.3, 0.4) is 0 Å². The van der Waals surface area contributed by atoms with E-state index in [0.29, 0.717) is 23.3 Å². The fourth-order valence-electron chi connectivity index (χ4n) is 4.01. The van der Waals surface area contributed by atoms with Gasteiger partial charge in [-0.05, 0) is 60.9 Å². The van der Waals surface area contributed by atoms with Crippen molar-refractivity contribution in [3.05, 3.63) is 93.3 Å². The highest BCUT2D eigenvalue weighted by Gasteiger charge is 2.43. The molecule has 1 N–H and O–H groups in total. The van der Waals surface area contributed by atoms with Crippen molar-refractivity contribution in [2.75, 3.05) is 18.6 Å². The van der Waals surface area contributed by atoms with Crippen LogP contribution in [0.5, 0.6) is 5.75 Å². The molecule has 0 spiro atoms. The lowest BCUT2D eigenvalue weighted by molar-refractivity contribution is 0.0727. The van der Waals surface area contributed by atoms with E-state index in [1.165, 1.54) is 0 Å². The topological polar surface area (TPSA) is 46.6 Å². The lowest BCUT2D eigenvalue weighted by atomic mass is 10.1. The SMILES string of the molecule is COc1ccc(COCC2(C)NC(C(C)C)=C(Sc3cc(Cl)cc(Cl)c3)N2c2cccnc2)cc1. The Balaban J connectivity index is 1.63. The first kappa shape index (κ1) is 25.7. The summed E-state index contributed by atoms with van der Waals surface area (Å²) >= 11 is 14.2. The number of halogens is 2. The Morgan fingerprint density at radius 2 is 1.80 bits per heavy atom. The molecule has 8 heteroatoms. The van der Waals surface area contributed by atoms with Gasteiger partial charge in [-0.1, -0.05) is 60.9 Å². The Morgan fingerprint density at radius 1 is 1.09 bits per heavy atom. The number of rotatable bonds is 9. The minimum Gasteiger partial charge on any atom is -0.497 e. The average Bonchev–Trinajstić information content (AvgIpc) is 3.11. The first-order chi connectivity index (χ1) is 16.8. The molecule has 35 heavy (non-hydrogen) atoms. The van der Waals surface area contributed by atoms with Gasteiger partial charge in [-0.3, -0.25) is 4.98 Å². The zero-order chi connectivity index (χ0) is 25.0. The number of hydrogen-bond acceptors (Lipinski definition) is 6.